The molecule has 0 bridgehead atoms. The van der Waals surface area contributed by atoms with Gasteiger partial charge in [0, 0.05) is 13.0 Å². The van der Waals surface area contributed by atoms with Crippen LogP contribution in [0.5, 0.6) is 0 Å². The van der Waals surface area contributed by atoms with Gasteiger partial charge in [-0.25, -0.2) is 4.57 Å². The highest BCUT2D eigenvalue weighted by Gasteiger charge is 2.51. The molecule has 6 atom stereocenters. The summed E-state index contributed by atoms with van der Waals surface area (Å²) in [6.45, 7) is 4.13. The Morgan fingerprint density at radius 3 is 1.50 bits per heavy atom. The van der Waals surface area contributed by atoms with Crippen LogP contribution in [-0.2, 0) is 27.9 Å². The molecule has 0 amide bonds. The summed E-state index contributed by atoms with van der Waals surface area (Å²) in [5.74, 6) is -0.483. The third kappa shape index (κ3) is 29.6. The number of carbonyl (C=O) groups is 1. The molecule has 0 heterocycles. The molecule has 0 saturated heterocycles. The smallest absolute Gasteiger partial charge is 0.457 e. The van der Waals surface area contributed by atoms with Crippen molar-refractivity contribution < 1.29 is 58.3 Å². The Labute approximate surface area is 363 Å². The van der Waals surface area contributed by atoms with Crippen molar-refractivity contribution in [2.45, 2.75) is 224 Å². The van der Waals surface area contributed by atoms with Crippen molar-refractivity contribution in [2.24, 2.45) is 0 Å². The van der Waals surface area contributed by atoms with Gasteiger partial charge in [-0.05, 0) is 51.4 Å². The Balaban J connectivity index is 2.32. The number of hydrogen-bond acceptors (Lipinski definition) is 11. The van der Waals surface area contributed by atoms with Crippen molar-refractivity contribution in [3.63, 3.8) is 0 Å². The van der Waals surface area contributed by atoms with Gasteiger partial charge in [0.15, 0.2) is 0 Å². The van der Waals surface area contributed by atoms with Gasteiger partial charge < -0.3 is 39.9 Å². The van der Waals surface area contributed by atoms with E-state index in [1.807, 2.05) is 0 Å². The second kappa shape index (κ2) is 37.8. The van der Waals surface area contributed by atoms with E-state index >= 15 is 0 Å². The molecule has 1 fully saturated rings. The monoisotopic (exact) mass is 873 g/mol. The van der Waals surface area contributed by atoms with Gasteiger partial charge in [0.1, 0.15) is 42.7 Å². The fourth-order valence-corrected chi connectivity index (χ4v) is 7.97. The lowest BCUT2D eigenvalue weighted by atomic mass is 9.85. The van der Waals surface area contributed by atoms with Crippen LogP contribution in [0.1, 0.15) is 181 Å². The minimum Gasteiger partial charge on any atom is -0.457 e. The van der Waals surface area contributed by atoms with Gasteiger partial charge in [-0.15, -0.1) is 0 Å². The van der Waals surface area contributed by atoms with Crippen LogP contribution in [0.25, 0.3) is 0 Å². The number of allylic oxidation sites excluding steroid dienone is 8. The Morgan fingerprint density at radius 1 is 0.550 bits per heavy atom. The first kappa shape index (κ1) is 56.3. The van der Waals surface area contributed by atoms with E-state index in [1.165, 1.54) is 83.5 Å². The zero-order valence-electron chi connectivity index (χ0n) is 37.2. The minimum atomic E-state index is -5.01. The van der Waals surface area contributed by atoms with Crippen LogP contribution in [-0.4, -0.2) is 98.9 Å². The van der Waals surface area contributed by atoms with Gasteiger partial charge in [0.05, 0.1) is 13.2 Å². The highest BCUT2D eigenvalue weighted by atomic mass is 31.2. The molecule has 1 rings (SSSR count). The lowest BCUT2D eigenvalue weighted by Crippen LogP contribution is -2.64. The van der Waals surface area contributed by atoms with Crippen LogP contribution in [0, 0.1) is 0 Å². The van der Waals surface area contributed by atoms with Crippen molar-refractivity contribution >= 4 is 13.8 Å². The molecule has 6 N–H and O–H groups in total. The van der Waals surface area contributed by atoms with E-state index < -0.39 is 63.1 Å². The van der Waals surface area contributed by atoms with Crippen molar-refractivity contribution in [2.75, 3.05) is 19.8 Å². The average molecular weight is 873 g/mol. The summed E-state index contributed by atoms with van der Waals surface area (Å²) < 4.78 is 34.1. The standard InChI is InChI=1S/C47H85O12P/c1-3-5-7-9-11-13-15-16-17-18-19-20-21-22-23-24-25-26-27-28-30-32-34-36-41(48)58-40(38-56-37-35-33-31-29-14-12-10-8-6-4-2)39-57-60(54,55)59-47-45(52)43(50)42(49)44(51)46(47)53/h5,7,11,13,16-17,19-20,40,42-47,49-53H,3-4,6,8-10,12,14-15,18,21-39H2,1-2H3,(H,54,55)/b7-5-,13-11-,17-16-,20-19-. The molecule has 6 unspecified atom stereocenters. The molecule has 1 aliphatic carbocycles. The molecule has 350 valence electrons. The lowest BCUT2D eigenvalue weighted by molar-refractivity contribution is -0.220. The SMILES string of the molecule is CC/C=C\C/C=C\C/C=C\C/C=C\CCCCCCCCCCCCC(=O)OC(COCCCCCCCCCCCC)COP(=O)(O)OC1C(O)C(O)C(O)C(O)C1O. The Bertz CT molecular complexity index is 1180. The molecular formula is C47H85O12P. The molecule has 12 nitrogen and oxygen atoms in total. The van der Waals surface area contributed by atoms with E-state index in [0.29, 0.717) is 13.0 Å². The van der Waals surface area contributed by atoms with Crippen LogP contribution >= 0.6 is 7.82 Å². The molecule has 0 aliphatic heterocycles. The third-order valence-electron chi connectivity index (χ3n) is 10.7. The number of aliphatic hydroxyl groups is 5. The molecule has 0 aromatic carbocycles. The maximum absolute atomic E-state index is 12.8. The summed E-state index contributed by atoms with van der Waals surface area (Å²) in [5.41, 5.74) is 0. The van der Waals surface area contributed by atoms with Gasteiger partial charge in [-0.1, -0.05) is 172 Å². The second-order valence-electron chi connectivity index (χ2n) is 16.2. The van der Waals surface area contributed by atoms with Gasteiger partial charge in [0.2, 0.25) is 0 Å². The van der Waals surface area contributed by atoms with E-state index in [1.54, 1.807) is 0 Å². The summed E-state index contributed by atoms with van der Waals surface area (Å²) in [4.78, 5) is 23.1. The molecule has 0 aromatic heterocycles. The van der Waals surface area contributed by atoms with Crippen LogP contribution in [0.3, 0.4) is 0 Å². The molecule has 1 aliphatic rings. The topological polar surface area (TPSA) is 192 Å². The van der Waals surface area contributed by atoms with Crippen molar-refractivity contribution in [1.82, 2.24) is 0 Å². The van der Waals surface area contributed by atoms with Gasteiger partial charge in [-0.2, -0.15) is 0 Å². The highest BCUT2D eigenvalue weighted by molar-refractivity contribution is 7.47. The minimum absolute atomic E-state index is 0.0775. The van der Waals surface area contributed by atoms with Crippen molar-refractivity contribution in [1.29, 1.82) is 0 Å². The highest BCUT2D eigenvalue weighted by Crippen LogP contribution is 2.47. The number of rotatable bonds is 39. The number of aliphatic hydroxyl groups excluding tert-OH is 5. The number of esters is 1. The van der Waals surface area contributed by atoms with E-state index in [-0.39, 0.29) is 13.0 Å². The lowest BCUT2D eigenvalue weighted by Gasteiger charge is -2.41. The zero-order valence-corrected chi connectivity index (χ0v) is 38.1. The zero-order chi connectivity index (χ0) is 44.1. The van der Waals surface area contributed by atoms with E-state index in [0.717, 1.165) is 70.6 Å². The van der Waals surface area contributed by atoms with Crippen LogP contribution in [0.15, 0.2) is 48.6 Å². The van der Waals surface area contributed by atoms with E-state index in [2.05, 4.69) is 62.5 Å². The molecule has 0 aromatic rings. The van der Waals surface area contributed by atoms with Gasteiger partial charge >= 0.3 is 13.8 Å². The van der Waals surface area contributed by atoms with Gasteiger partial charge in [0.25, 0.3) is 0 Å². The quantitative estimate of drug-likeness (QED) is 0.0149. The van der Waals surface area contributed by atoms with Crippen LogP contribution in [0.4, 0.5) is 0 Å². The molecule has 60 heavy (non-hydrogen) atoms. The maximum atomic E-state index is 12.8. The fraction of sp³-hybridized carbons (Fsp3) is 0.809. The van der Waals surface area contributed by atoms with Crippen molar-refractivity contribution in [3.05, 3.63) is 48.6 Å². The average Bonchev–Trinajstić information content (AvgIpc) is 3.23. The first-order chi connectivity index (χ1) is 29.0. The number of phosphoric acid groups is 1. The normalized spacial score (nSPS) is 22.7. The number of hydrogen-bond donors (Lipinski definition) is 6. The second-order valence-corrected chi connectivity index (χ2v) is 17.6. The number of unbranched alkanes of at least 4 members (excludes halogenated alkanes) is 19. The summed E-state index contributed by atoms with van der Waals surface area (Å²) in [6.07, 6.45) is 33.3. The third-order valence-corrected chi connectivity index (χ3v) is 11.7. The van der Waals surface area contributed by atoms with E-state index in [4.69, 9.17) is 18.5 Å². The van der Waals surface area contributed by atoms with Crippen molar-refractivity contribution in [3.8, 4) is 0 Å². The van der Waals surface area contributed by atoms with Crippen LogP contribution in [0.2, 0.25) is 0 Å². The summed E-state index contributed by atoms with van der Waals surface area (Å²) >= 11 is 0. The Hall–Kier alpha value is -1.70. The number of carbonyl (C=O) groups excluding carboxylic acids is 1. The van der Waals surface area contributed by atoms with Gasteiger partial charge in [-0.3, -0.25) is 13.8 Å². The Kier molecular flexibility index (Phi) is 35.5. The first-order valence-electron chi connectivity index (χ1n) is 23.5. The molecule has 0 radical (unpaired) electrons. The molecular weight excluding hydrogens is 787 g/mol. The summed E-state index contributed by atoms with van der Waals surface area (Å²) in [5, 5.41) is 50.1. The number of ether oxygens (including phenoxy) is 2. The fourth-order valence-electron chi connectivity index (χ4n) is 6.99. The predicted molar refractivity (Wildman–Crippen MR) is 239 cm³/mol. The molecule has 0 spiro atoms. The summed E-state index contributed by atoms with van der Waals surface area (Å²) in [7, 11) is -5.01. The molecule has 1 saturated carbocycles. The summed E-state index contributed by atoms with van der Waals surface area (Å²) in [6, 6.07) is 0. The Morgan fingerprint density at radius 2 is 0.983 bits per heavy atom. The number of phosphoric ester groups is 1. The van der Waals surface area contributed by atoms with Crippen LogP contribution < -0.4 is 0 Å². The predicted octanol–water partition coefficient (Wildman–Crippen LogP) is 9.64. The maximum Gasteiger partial charge on any atom is 0.472 e. The first-order valence-corrected chi connectivity index (χ1v) is 25.0. The largest absolute Gasteiger partial charge is 0.472 e. The molecule has 13 heteroatoms. The van der Waals surface area contributed by atoms with E-state index in [9.17, 15) is 39.8 Å².